The smallest absolute Gasteiger partial charge is 0.269 e. The maximum Gasteiger partial charge on any atom is 0.269 e. The minimum atomic E-state index is -0.302. The molecule has 3 N–H and O–H groups in total. The molecule has 0 radical (unpaired) electrons. The van der Waals surface area contributed by atoms with Gasteiger partial charge in [-0.3, -0.25) is 15.1 Å². The minimum absolute atomic E-state index is 0.302. The van der Waals surface area contributed by atoms with Gasteiger partial charge in [0.1, 0.15) is 9.71 Å². The van der Waals surface area contributed by atoms with Gasteiger partial charge in [-0.25, -0.2) is 9.97 Å². The summed E-state index contributed by atoms with van der Waals surface area (Å²) in [7, 11) is 0. The van der Waals surface area contributed by atoms with Crippen LogP contribution in [0.4, 0.5) is 10.8 Å². The van der Waals surface area contributed by atoms with Crippen LogP contribution >= 0.6 is 34.3 Å². The van der Waals surface area contributed by atoms with E-state index in [1.165, 1.54) is 22.7 Å². The number of nitrogens with zero attached hydrogens (tertiary/aromatic N) is 3. The summed E-state index contributed by atoms with van der Waals surface area (Å²) in [5, 5.41) is 6.65. The summed E-state index contributed by atoms with van der Waals surface area (Å²) in [6.07, 6.45) is 3.41. The predicted octanol–water partition coefficient (Wildman–Crippen LogP) is 5.97. The Kier molecular flexibility index (Phi) is 5.11. The fourth-order valence-corrected chi connectivity index (χ4v) is 4.92. The van der Waals surface area contributed by atoms with Crippen molar-refractivity contribution in [2.45, 2.75) is 0 Å². The standard InChI is InChI=1S/C22H14ClN5OS2/c23-14-3-1-12(2-4-14)16-6-5-15-18(24)19(31-21(15)26-16)20(29)28-22-27-17(11-30-22)13-7-9-25-10-8-13/h1-11H,24H2,(H,27,28,29). The fraction of sp³-hybridized carbons (Fsp3) is 0. The molecule has 1 aromatic carbocycles. The molecule has 0 aliphatic carbocycles. The number of thiazole rings is 1. The first-order valence-corrected chi connectivity index (χ1v) is 11.3. The van der Waals surface area contributed by atoms with Crippen molar-refractivity contribution in [2.75, 3.05) is 11.1 Å². The molecule has 0 bridgehead atoms. The second-order valence-electron chi connectivity index (χ2n) is 6.63. The number of aromatic nitrogens is 3. The molecule has 152 valence electrons. The lowest BCUT2D eigenvalue weighted by molar-refractivity contribution is 0.103. The number of nitrogens with two attached hydrogens (primary N) is 1. The van der Waals surface area contributed by atoms with E-state index in [-0.39, 0.29) is 5.91 Å². The summed E-state index contributed by atoms with van der Waals surface area (Å²) in [5.74, 6) is -0.302. The van der Waals surface area contributed by atoms with Gasteiger partial charge in [0, 0.05) is 39.3 Å². The number of pyridine rings is 2. The highest BCUT2D eigenvalue weighted by Gasteiger charge is 2.19. The molecule has 0 saturated heterocycles. The molecule has 31 heavy (non-hydrogen) atoms. The zero-order valence-electron chi connectivity index (χ0n) is 15.9. The normalized spacial score (nSPS) is 11.0. The maximum atomic E-state index is 12.9. The number of fused-ring (bicyclic) bond motifs is 1. The molecular formula is C22H14ClN5OS2. The zero-order valence-corrected chi connectivity index (χ0v) is 18.3. The van der Waals surface area contributed by atoms with Crippen molar-refractivity contribution in [1.82, 2.24) is 15.0 Å². The number of thiophene rings is 1. The highest BCUT2D eigenvalue weighted by molar-refractivity contribution is 7.21. The molecule has 0 aliphatic rings. The lowest BCUT2D eigenvalue weighted by atomic mass is 10.1. The van der Waals surface area contributed by atoms with Gasteiger partial charge >= 0.3 is 0 Å². The van der Waals surface area contributed by atoms with Crippen LogP contribution in [0.25, 0.3) is 32.7 Å². The summed E-state index contributed by atoms with van der Waals surface area (Å²) in [6.45, 7) is 0. The third kappa shape index (κ3) is 3.88. The van der Waals surface area contributed by atoms with E-state index in [0.29, 0.717) is 25.5 Å². The largest absolute Gasteiger partial charge is 0.397 e. The second-order valence-corrected chi connectivity index (χ2v) is 8.92. The van der Waals surface area contributed by atoms with Crippen LogP contribution in [0, 0.1) is 0 Å². The molecule has 0 atom stereocenters. The fourth-order valence-electron chi connectivity index (χ4n) is 3.09. The summed E-state index contributed by atoms with van der Waals surface area (Å²) < 4.78 is 0. The van der Waals surface area contributed by atoms with E-state index < -0.39 is 0 Å². The van der Waals surface area contributed by atoms with Gasteiger partial charge in [0.05, 0.1) is 17.1 Å². The third-order valence-corrected chi connectivity index (χ3v) is 6.76. The van der Waals surface area contributed by atoms with Crippen molar-refractivity contribution in [3.05, 3.63) is 76.2 Å². The highest BCUT2D eigenvalue weighted by atomic mass is 35.5. The van der Waals surface area contributed by atoms with Crippen LogP contribution in [0.1, 0.15) is 9.67 Å². The number of anilines is 2. The monoisotopic (exact) mass is 463 g/mol. The molecule has 0 fully saturated rings. The molecule has 0 saturated carbocycles. The van der Waals surface area contributed by atoms with Crippen LogP contribution in [-0.4, -0.2) is 20.9 Å². The molecular weight excluding hydrogens is 450 g/mol. The Morgan fingerprint density at radius 3 is 2.45 bits per heavy atom. The van der Waals surface area contributed by atoms with Crippen molar-refractivity contribution in [3.63, 3.8) is 0 Å². The molecule has 0 aliphatic heterocycles. The number of amides is 1. The van der Waals surface area contributed by atoms with Crippen LogP contribution < -0.4 is 11.1 Å². The predicted molar refractivity (Wildman–Crippen MR) is 128 cm³/mol. The first-order chi connectivity index (χ1) is 15.1. The molecule has 0 unspecified atom stereocenters. The van der Waals surface area contributed by atoms with Crippen LogP contribution in [0.15, 0.2) is 66.3 Å². The van der Waals surface area contributed by atoms with Crippen molar-refractivity contribution in [2.24, 2.45) is 0 Å². The maximum absolute atomic E-state index is 12.9. The summed E-state index contributed by atoms with van der Waals surface area (Å²) in [6, 6.07) is 15.0. The van der Waals surface area contributed by atoms with Gasteiger partial charge in [-0.1, -0.05) is 23.7 Å². The van der Waals surface area contributed by atoms with Gasteiger partial charge in [0.2, 0.25) is 0 Å². The quantitative estimate of drug-likeness (QED) is 0.342. The van der Waals surface area contributed by atoms with Crippen LogP contribution in [-0.2, 0) is 0 Å². The summed E-state index contributed by atoms with van der Waals surface area (Å²) >= 11 is 8.59. The van der Waals surface area contributed by atoms with Gasteiger partial charge in [-0.15, -0.1) is 22.7 Å². The molecule has 6 nitrogen and oxygen atoms in total. The first kappa shape index (κ1) is 19.6. The van der Waals surface area contributed by atoms with Crippen molar-refractivity contribution in [3.8, 4) is 22.5 Å². The van der Waals surface area contributed by atoms with Gasteiger partial charge in [0.15, 0.2) is 5.13 Å². The van der Waals surface area contributed by atoms with E-state index in [2.05, 4.69) is 20.3 Å². The Bertz CT molecular complexity index is 1400. The van der Waals surface area contributed by atoms with E-state index in [4.69, 9.17) is 17.3 Å². The van der Waals surface area contributed by atoms with E-state index in [0.717, 1.165) is 27.9 Å². The van der Waals surface area contributed by atoms with E-state index in [9.17, 15) is 4.79 Å². The SMILES string of the molecule is Nc1c(C(=O)Nc2nc(-c3ccncc3)cs2)sc2nc(-c3ccc(Cl)cc3)ccc12. The number of halogens is 1. The number of hydrogen-bond acceptors (Lipinski definition) is 7. The van der Waals surface area contributed by atoms with Crippen molar-refractivity contribution in [1.29, 1.82) is 0 Å². The molecule has 5 aromatic rings. The average molecular weight is 464 g/mol. The Balaban J connectivity index is 1.42. The Hall–Kier alpha value is -3.33. The molecule has 4 heterocycles. The number of benzene rings is 1. The van der Waals surface area contributed by atoms with E-state index >= 15 is 0 Å². The number of nitrogens with one attached hydrogen (secondary N) is 1. The van der Waals surface area contributed by atoms with Gasteiger partial charge in [-0.05, 0) is 36.4 Å². The number of carbonyl (C=O) groups is 1. The van der Waals surface area contributed by atoms with Crippen molar-refractivity contribution < 1.29 is 4.79 Å². The lowest BCUT2D eigenvalue weighted by Crippen LogP contribution is -2.11. The molecule has 1 amide bonds. The van der Waals surface area contributed by atoms with E-state index in [1.54, 1.807) is 12.4 Å². The summed E-state index contributed by atoms with van der Waals surface area (Å²) in [5.41, 5.74) is 10.1. The number of carbonyl (C=O) groups excluding carboxylic acids is 1. The minimum Gasteiger partial charge on any atom is -0.397 e. The molecule has 5 rings (SSSR count). The average Bonchev–Trinajstić information content (AvgIpc) is 3.39. The van der Waals surface area contributed by atoms with Crippen LogP contribution in [0.3, 0.4) is 0 Å². The third-order valence-electron chi connectivity index (χ3n) is 4.64. The highest BCUT2D eigenvalue weighted by Crippen LogP contribution is 2.35. The lowest BCUT2D eigenvalue weighted by Gasteiger charge is -2.01. The molecule has 9 heteroatoms. The van der Waals surface area contributed by atoms with Gasteiger partial charge in [0.25, 0.3) is 5.91 Å². The summed E-state index contributed by atoms with van der Waals surface area (Å²) in [4.78, 5) is 27.2. The van der Waals surface area contributed by atoms with Gasteiger partial charge < -0.3 is 5.73 Å². The molecule has 0 spiro atoms. The van der Waals surface area contributed by atoms with Crippen molar-refractivity contribution >= 4 is 61.2 Å². The Morgan fingerprint density at radius 2 is 1.68 bits per heavy atom. The topological polar surface area (TPSA) is 93.8 Å². The van der Waals surface area contributed by atoms with Crippen LogP contribution in [0.5, 0.6) is 0 Å². The Morgan fingerprint density at radius 1 is 0.935 bits per heavy atom. The van der Waals surface area contributed by atoms with E-state index in [1.807, 2.05) is 53.9 Å². The van der Waals surface area contributed by atoms with Crippen LogP contribution in [0.2, 0.25) is 5.02 Å². The second kappa shape index (κ2) is 8.07. The number of hydrogen-bond donors (Lipinski definition) is 2. The molecule has 4 aromatic heterocycles. The Labute approximate surface area is 190 Å². The number of rotatable bonds is 4. The first-order valence-electron chi connectivity index (χ1n) is 9.21. The van der Waals surface area contributed by atoms with Gasteiger partial charge in [-0.2, -0.15) is 0 Å². The number of nitrogen functional groups attached to an aromatic ring is 1. The zero-order chi connectivity index (χ0) is 21.4.